The monoisotopic (exact) mass is 680 g/mol. The molecular formula is C34H28F4N4O5S. The second kappa shape index (κ2) is 15.0. The summed E-state index contributed by atoms with van der Waals surface area (Å²) in [5.41, 5.74) is 2.58. The molecule has 1 saturated heterocycles. The van der Waals surface area contributed by atoms with E-state index in [1.807, 2.05) is 18.2 Å². The van der Waals surface area contributed by atoms with Gasteiger partial charge in [-0.05, 0) is 66.1 Å². The van der Waals surface area contributed by atoms with Gasteiger partial charge in [0.1, 0.15) is 29.5 Å². The van der Waals surface area contributed by atoms with E-state index < -0.39 is 41.2 Å². The number of hydrogen-bond donors (Lipinski definition) is 2. The Morgan fingerprint density at radius 2 is 1.65 bits per heavy atom. The number of halogens is 4. The lowest BCUT2D eigenvalue weighted by atomic mass is 10.1. The minimum atomic E-state index is -4.84. The van der Waals surface area contributed by atoms with E-state index in [0.717, 1.165) is 29.5 Å². The number of alkyl carbamates (subject to hydrolysis) is 1. The second-order valence-electron chi connectivity index (χ2n) is 10.5. The van der Waals surface area contributed by atoms with E-state index >= 15 is 0 Å². The minimum absolute atomic E-state index is 0.0183. The van der Waals surface area contributed by atoms with Crippen molar-refractivity contribution in [3.63, 3.8) is 0 Å². The van der Waals surface area contributed by atoms with Crippen molar-refractivity contribution >= 4 is 46.2 Å². The molecule has 5 rings (SSSR count). The predicted octanol–water partition coefficient (Wildman–Crippen LogP) is 7.48. The number of aliphatic imine (C=N–C) groups is 1. The number of carbonyl (C=O) groups excluding carboxylic acids is 3. The Bertz CT molecular complexity index is 1790. The van der Waals surface area contributed by atoms with Crippen LogP contribution in [0.25, 0.3) is 0 Å². The van der Waals surface area contributed by atoms with Gasteiger partial charge < -0.3 is 20.1 Å². The third-order valence-corrected chi connectivity index (χ3v) is 8.13. The van der Waals surface area contributed by atoms with Crippen molar-refractivity contribution in [3.05, 3.63) is 126 Å². The Labute approximate surface area is 276 Å². The standard InChI is InChI=1S/C34H28F4N4O5S/c1-21(39-33(45)46-20-23-6-3-2-4-7-23)30(43)40-26-14-12-24(13-15-26)29-31(44)42(32(48-29)41-27-9-5-8-25(35)18-27)19-22-10-16-28(17-11-22)47-34(36,37)38/h2-18,21,29H,19-20H2,1H3,(H,39,45)(H,40,43)/t21-,29?/m1/s1. The molecule has 0 radical (unpaired) electrons. The smallest absolute Gasteiger partial charge is 0.445 e. The maximum absolute atomic E-state index is 13.9. The number of hydrogen-bond acceptors (Lipinski definition) is 7. The summed E-state index contributed by atoms with van der Waals surface area (Å²) in [6.07, 6.45) is -5.59. The molecule has 1 fully saturated rings. The van der Waals surface area contributed by atoms with E-state index in [4.69, 9.17) is 4.74 Å². The fourth-order valence-corrected chi connectivity index (χ4v) is 5.70. The molecule has 9 nitrogen and oxygen atoms in total. The summed E-state index contributed by atoms with van der Waals surface area (Å²) >= 11 is 1.13. The average molecular weight is 681 g/mol. The fourth-order valence-electron chi connectivity index (χ4n) is 4.53. The van der Waals surface area contributed by atoms with E-state index in [1.54, 1.807) is 42.5 Å². The molecule has 2 atom stereocenters. The van der Waals surface area contributed by atoms with Crippen LogP contribution in [0.3, 0.4) is 0 Å². The highest BCUT2D eigenvalue weighted by Crippen LogP contribution is 2.41. The van der Waals surface area contributed by atoms with E-state index in [1.165, 1.54) is 42.2 Å². The number of alkyl halides is 3. The molecule has 248 valence electrons. The highest BCUT2D eigenvalue weighted by molar-refractivity contribution is 8.15. The van der Waals surface area contributed by atoms with Crippen molar-refractivity contribution in [1.82, 2.24) is 10.2 Å². The summed E-state index contributed by atoms with van der Waals surface area (Å²) in [6.45, 7) is 1.54. The predicted molar refractivity (Wildman–Crippen MR) is 172 cm³/mol. The largest absolute Gasteiger partial charge is 0.573 e. The van der Waals surface area contributed by atoms with Gasteiger partial charge in [0.2, 0.25) is 11.8 Å². The molecule has 1 unspecified atom stereocenters. The lowest BCUT2D eigenvalue weighted by Crippen LogP contribution is -2.41. The zero-order chi connectivity index (χ0) is 34.3. The zero-order valence-electron chi connectivity index (χ0n) is 25.2. The van der Waals surface area contributed by atoms with Gasteiger partial charge >= 0.3 is 12.5 Å². The van der Waals surface area contributed by atoms with Crippen LogP contribution in [0.4, 0.5) is 33.7 Å². The first-order chi connectivity index (χ1) is 22.9. The average Bonchev–Trinajstić information content (AvgIpc) is 3.35. The number of rotatable bonds is 10. The molecule has 48 heavy (non-hydrogen) atoms. The van der Waals surface area contributed by atoms with Gasteiger partial charge in [0.15, 0.2) is 5.17 Å². The van der Waals surface area contributed by atoms with Gasteiger partial charge in [0.05, 0.1) is 12.2 Å². The molecule has 0 spiro atoms. The Morgan fingerprint density at radius 1 is 0.938 bits per heavy atom. The number of benzene rings is 4. The first-order valence-corrected chi connectivity index (χ1v) is 15.4. The Balaban J connectivity index is 1.25. The Morgan fingerprint density at radius 3 is 2.31 bits per heavy atom. The number of nitrogens with one attached hydrogen (secondary N) is 2. The van der Waals surface area contributed by atoms with E-state index in [2.05, 4.69) is 20.4 Å². The van der Waals surface area contributed by atoms with Gasteiger partial charge in [-0.15, -0.1) is 13.2 Å². The Hall–Kier alpha value is -5.37. The maximum atomic E-state index is 13.9. The normalized spacial score (nSPS) is 16.0. The van der Waals surface area contributed by atoms with Gasteiger partial charge in [-0.2, -0.15) is 0 Å². The van der Waals surface area contributed by atoms with Crippen LogP contribution in [0.5, 0.6) is 5.75 Å². The number of amidine groups is 1. The van der Waals surface area contributed by atoms with Gasteiger partial charge in [-0.25, -0.2) is 14.2 Å². The highest BCUT2D eigenvalue weighted by Gasteiger charge is 2.39. The van der Waals surface area contributed by atoms with Crippen molar-refractivity contribution in [2.45, 2.75) is 37.7 Å². The second-order valence-corrected chi connectivity index (χ2v) is 11.6. The summed E-state index contributed by atoms with van der Waals surface area (Å²) in [6, 6.07) is 25.3. The fraction of sp³-hybridized carbons (Fsp3) is 0.176. The molecule has 4 aromatic carbocycles. The van der Waals surface area contributed by atoms with Crippen molar-refractivity contribution in [1.29, 1.82) is 0 Å². The summed E-state index contributed by atoms with van der Waals surface area (Å²) in [4.78, 5) is 44.4. The summed E-state index contributed by atoms with van der Waals surface area (Å²) in [5, 5.41) is 4.69. The number of carbonyl (C=O) groups is 3. The third kappa shape index (κ3) is 9.35. The van der Waals surface area contributed by atoms with Gasteiger partial charge in [-0.3, -0.25) is 14.5 Å². The van der Waals surface area contributed by atoms with Gasteiger partial charge in [0.25, 0.3) is 0 Å². The SMILES string of the molecule is C[C@@H](NC(=O)OCc1ccccc1)C(=O)Nc1ccc(C2SC(=Nc3cccc(F)c3)N(Cc3ccc(OC(F)(F)F)cc3)C2=O)cc1. The number of anilines is 1. The van der Waals surface area contributed by atoms with Crippen LogP contribution in [-0.2, 0) is 27.5 Å². The van der Waals surface area contributed by atoms with Gasteiger partial charge in [0, 0.05) is 5.69 Å². The van der Waals surface area contributed by atoms with E-state index in [9.17, 15) is 31.9 Å². The molecule has 0 saturated carbocycles. The number of nitrogens with zero attached hydrogens (tertiary/aromatic N) is 2. The van der Waals surface area contributed by atoms with Crippen molar-refractivity contribution < 1.29 is 41.4 Å². The maximum Gasteiger partial charge on any atom is 0.573 e. The zero-order valence-corrected chi connectivity index (χ0v) is 26.1. The van der Waals surface area contributed by atoms with Gasteiger partial charge in [-0.1, -0.05) is 72.4 Å². The number of ether oxygens (including phenoxy) is 2. The van der Waals surface area contributed by atoms with E-state index in [0.29, 0.717) is 16.8 Å². The summed E-state index contributed by atoms with van der Waals surface area (Å²) < 4.78 is 60.8. The van der Waals surface area contributed by atoms with Crippen LogP contribution < -0.4 is 15.4 Å². The van der Waals surface area contributed by atoms with Crippen LogP contribution in [0.2, 0.25) is 0 Å². The molecule has 2 N–H and O–H groups in total. The van der Waals surface area contributed by atoms with Crippen molar-refractivity contribution in [2.24, 2.45) is 4.99 Å². The molecule has 0 bridgehead atoms. The topological polar surface area (TPSA) is 109 Å². The van der Waals surface area contributed by atoms with Crippen LogP contribution >= 0.6 is 11.8 Å². The molecule has 0 aromatic heterocycles. The molecule has 4 aromatic rings. The lowest BCUT2D eigenvalue weighted by Gasteiger charge is -2.17. The van der Waals surface area contributed by atoms with Crippen LogP contribution in [0.1, 0.15) is 28.9 Å². The number of thioether (sulfide) groups is 1. The molecule has 14 heteroatoms. The molecule has 1 aliphatic heterocycles. The summed E-state index contributed by atoms with van der Waals surface area (Å²) in [7, 11) is 0. The van der Waals surface area contributed by atoms with E-state index in [-0.39, 0.29) is 29.9 Å². The molecule has 0 aliphatic carbocycles. The Kier molecular flexibility index (Phi) is 10.6. The number of amides is 3. The minimum Gasteiger partial charge on any atom is -0.445 e. The molecule has 1 aliphatic rings. The highest BCUT2D eigenvalue weighted by atomic mass is 32.2. The quantitative estimate of drug-likeness (QED) is 0.168. The van der Waals surface area contributed by atoms with Crippen LogP contribution in [0, 0.1) is 5.82 Å². The summed E-state index contributed by atoms with van der Waals surface area (Å²) in [5.74, 6) is -1.76. The molecule has 3 amide bonds. The first-order valence-electron chi connectivity index (χ1n) is 14.5. The van der Waals surface area contributed by atoms with Crippen LogP contribution in [-0.4, -0.2) is 40.4 Å². The van der Waals surface area contributed by atoms with Crippen molar-refractivity contribution in [3.8, 4) is 5.75 Å². The first kappa shape index (κ1) is 34.0. The van der Waals surface area contributed by atoms with Crippen LogP contribution in [0.15, 0.2) is 108 Å². The lowest BCUT2D eigenvalue weighted by molar-refractivity contribution is -0.274. The van der Waals surface area contributed by atoms with Crippen molar-refractivity contribution in [2.75, 3.05) is 5.32 Å². The third-order valence-electron chi connectivity index (χ3n) is 6.90. The molecule has 1 heterocycles. The molecular weight excluding hydrogens is 652 g/mol.